The first-order valence-electron chi connectivity index (χ1n) is 7.40. The van der Waals surface area contributed by atoms with Crippen LogP contribution in [0.2, 0.25) is 0 Å². The fourth-order valence-corrected chi connectivity index (χ4v) is 2.92. The lowest BCUT2D eigenvalue weighted by Crippen LogP contribution is -2.54. The zero-order valence-corrected chi connectivity index (χ0v) is 13.1. The fraction of sp³-hybridized carbons (Fsp3) is 0.625. The number of nitrogens with zero attached hydrogens (tertiary/aromatic N) is 1. The third-order valence-corrected chi connectivity index (χ3v) is 4.06. The normalized spacial score (nSPS) is 22.7. The maximum Gasteiger partial charge on any atom is 0.124 e. The zero-order valence-electron chi connectivity index (χ0n) is 13.1. The van der Waals surface area contributed by atoms with Gasteiger partial charge in [-0.3, -0.25) is 4.90 Å². The highest BCUT2D eigenvalue weighted by atomic mass is 16.5. The molecule has 0 amide bonds. The van der Waals surface area contributed by atoms with Crippen molar-refractivity contribution in [1.82, 2.24) is 4.90 Å². The van der Waals surface area contributed by atoms with Crippen LogP contribution in [0, 0.1) is 0 Å². The zero-order chi connectivity index (χ0) is 15.2. The maximum absolute atomic E-state index is 6.49. The van der Waals surface area contributed by atoms with Crippen LogP contribution in [0.15, 0.2) is 24.3 Å². The third-order valence-electron chi connectivity index (χ3n) is 4.06. The summed E-state index contributed by atoms with van der Waals surface area (Å²) >= 11 is 0. The van der Waals surface area contributed by atoms with E-state index in [2.05, 4.69) is 11.8 Å². The summed E-state index contributed by atoms with van der Waals surface area (Å²) in [5.41, 5.74) is 7.56. The Kier molecular flexibility index (Phi) is 5.99. The first kappa shape index (κ1) is 16.2. The van der Waals surface area contributed by atoms with Crippen molar-refractivity contribution in [3.05, 3.63) is 29.8 Å². The van der Waals surface area contributed by atoms with Crippen LogP contribution < -0.4 is 10.5 Å². The Balaban J connectivity index is 2.16. The Labute approximate surface area is 127 Å². The van der Waals surface area contributed by atoms with Gasteiger partial charge >= 0.3 is 0 Å². The fourth-order valence-electron chi connectivity index (χ4n) is 2.92. The second-order valence-electron chi connectivity index (χ2n) is 5.48. The molecule has 1 aromatic rings. The molecule has 0 saturated heterocycles. The van der Waals surface area contributed by atoms with E-state index in [4.69, 9.17) is 19.9 Å². The molecule has 0 aromatic heterocycles. The number of benzene rings is 1. The van der Waals surface area contributed by atoms with Crippen LogP contribution in [0.4, 0.5) is 0 Å². The molecule has 2 rings (SSSR count). The van der Waals surface area contributed by atoms with Crippen molar-refractivity contribution in [3.8, 4) is 5.75 Å². The summed E-state index contributed by atoms with van der Waals surface area (Å²) < 4.78 is 16.4. The molecular formula is C16H26N2O3. The van der Waals surface area contributed by atoms with E-state index in [1.165, 1.54) is 0 Å². The lowest BCUT2D eigenvalue weighted by Gasteiger charge is -2.41. The molecule has 2 N–H and O–H groups in total. The highest BCUT2D eigenvalue weighted by molar-refractivity contribution is 5.38. The molecule has 0 fully saturated rings. The van der Waals surface area contributed by atoms with Crippen LogP contribution in [-0.4, -0.2) is 57.6 Å². The van der Waals surface area contributed by atoms with E-state index in [0.717, 1.165) is 17.9 Å². The predicted octanol–water partition coefficient (Wildman–Crippen LogP) is 1.43. The molecule has 5 heteroatoms. The summed E-state index contributed by atoms with van der Waals surface area (Å²) in [5.74, 6) is 0.896. The average Bonchev–Trinajstić information content (AvgIpc) is 2.50. The molecule has 1 heterocycles. The second kappa shape index (κ2) is 7.75. The molecule has 1 aromatic carbocycles. The van der Waals surface area contributed by atoms with Crippen LogP contribution in [-0.2, 0) is 9.47 Å². The summed E-state index contributed by atoms with van der Waals surface area (Å²) in [7, 11) is 3.43. The molecule has 5 nitrogen and oxygen atoms in total. The Morgan fingerprint density at radius 3 is 2.81 bits per heavy atom. The quantitative estimate of drug-likeness (QED) is 0.824. The van der Waals surface area contributed by atoms with Gasteiger partial charge in [0.05, 0.1) is 25.3 Å². The summed E-state index contributed by atoms with van der Waals surface area (Å²) in [4.78, 5) is 2.33. The minimum absolute atomic E-state index is 0.0638. The first-order valence-corrected chi connectivity index (χ1v) is 7.40. The largest absolute Gasteiger partial charge is 0.492 e. The summed E-state index contributed by atoms with van der Waals surface area (Å²) in [5, 5.41) is 0. The van der Waals surface area contributed by atoms with Crippen molar-refractivity contribution in [2.45, 2.75) is 25.0 Å². The second-order valence-corrected chi connectivity index (χ2v) is 5.48. The van der Waals surface area contributed by atoms with Gasteiger partial charge in [-0.05, 0) is 13.0 Å². The van der Waals surface area contributed by atoms with Gasteiger partial charge in [-0.15, -0.1) is 0 Å². The molecule has 21 heavy (non-hydrogen) atoms. The van der Waals surface area contributed by atoms with Gasteiger partial charge in [0.1, 0.15) is 12.4 Å². The van der Waals surface area contributed by atoms with Crippen molar-refractivity contribution in [2.24, 2.45) is 5.73 Å². The molecule has 0 spiro atoms. The Morgan fingerprint density at radius 1 is 1.33 bits per heavy atom. The van der Waals surface area contributed by atoms with E-state index < -0.39 is 0 Å². The molecule has 1 aliphatic heterocycles. The molecule has 3 unspecified atom stereocenters. The van der Waals surface area contributed by atoms with Gasteiger partial charge in [-0.25, -0.2) is 0 Å². The van der Waals surface area contributed by atoms with Crippen molar-refractivity contribution in [3.63, 3.8) is 0 Å². The van der Waals surface area contributed by atoms with Crippen LogP contribution in [0.25, 0.3) is 0 Å². The Morgan fingerprint density at radius 2 is 2.10 bits per heavy atom. The summed E-state index contributed by atoms with van der Waals surface area (Å²) in [6.45, 7) is 4.88. The standard InChI is InChI=1S/C16H26N2O3/c1-12(10-20-3)18(8-9-19-2)14-11-21-15-7-5-4-6-13(15)16(14)17/h4-7,12,14,16H,8-11,17H2,1-3H3. The van der Waals surface area contributed by atoms with Crippen LogP contribution in [0.3, 0.4) is 0 Å². The number of fused-ring (bicyclic) bond motifs is 1. The molecule has 3 atom stereocenters. The van der Waals surface area contributed by atoms with E-state index >= 15 is 0 Å². The predicted molar refractivity (Wildman–Crippen MR) is 82.6 cm³/mol. The highest BCUT2D eigenvalue weighted by Crippen LogP contribution is 2.33. The lowest BCUT2D eigenvalue weighted by molar-refractivity contribution is 0.0151. The summed E-state index contributed by atoms with van der Waals surface area (Å²) in [6.07, 6.45) is 0. The topological polar surface area (TPSA) is 57.0 Å². The first-order chi connectivity index (χ1) is 10.2. The van der Waals surface area contributed by atoms with Crippen molar-refractivity contribution >= 4 is 0 Å². The van der Waals surface area contributed by atoms with E-state index in [-0.39, 0.29) is 18.1 Å². The molecule has 0 radical (unpaired) electrons. The SMILES string of the molecule is COCCN(C(C)COC)C1COc2ccccc2C1N. The minimum atomic E-state index is -0.0638. The molecule has 118 valence electrons. The number of para-hydroxylation sites is 1. The van der Waals surface area contributed by atoms with Gasteiger partial charge < -0.3 is 19.9 Å². The summed E-state index contributed by atoms with van der Waals surface area (Å²) in [6, 6.07) is 8.32. The van der Waals surface area contributed by atoms with Gasteiger partial charge in [0, 0.05) is 32.4 Å². The van der Waals surface area contributed by atoms with E-state index in [9.17, 15) is 0 Å². The van der Waals surface area contributed by atoms with Gasteiger partial charge in [-0.2, -0.15) is 0 Å². The van der Waals surface area contributed by atoms with E-state index in [1.54, 1.807) is 14.2 Å². The number of nitrogens with two attached hydrogens (primary N) is 1. The van der Waals surface area contributed by atoms with Crippen LogP contribution in [0.1, 0.15) is 18.5 Å². The minimum Gasteiger partial charge on any atom is -0.492 e. The number of methoxy groups -OCH3 is 2. The van der Waals surface area contributed by atoms with Crippen LogP contribution >= 0.6 is 0 Å². The maximum atomic E-state index is 6.49. The van der Waals surface area contributed by atoms with Crippen molar-refractivity contribution in [1.29, 1.82) is 0 Å². The van der Waals surface area contributed by atoms with Gasteiger partial charge in [-0.1, -0.05) is 18.2 Å². The van der Waals surface area contributed by atoms with Gasteiger partial charge in [0.25, 0.3) is 0 Å². The van der Waals surface area contributed by atoms with Crippen LogP contribution in [0.5, 0.6) is 5.75 Å². The monoisotopic (exact) mass is 294 g/mol. The van der Waals surface area contributed by atoms with Crippen molar-refractivity contribution < 1.29 is 14.2 Å². The Bertz CT molecular complexity index is 441. The van der Waals surface area contributed by atoms with Gasteiger partial charge in [0.2, 0.25) is 0 Å². The molecule has 1 aliphatic rings. The number of hydrogen-bond donors (Lipinski definition) is 1. The van der Waals surface area contributed by atoms with Crippen molar-refractivity contribution in [2.75, 3.05) is 40.6 Å². The van der Waals surface area contributed by atoms with E-state index in [1.807, 2.05) is 24.3 Å². The molecular weight excluding hydrogens is 268 g/mol. The third kappa shape index (κ3) is 3.74. The number of rotatable bonds is 7. The molecule has 0 saturated carbocycles. The number of hydrogen-bond acceptors (Lipinski definition) is 5. The van der Waals surface area contributed by atoms with E-state index in [0.29, 0.717) is 19.8 Å². The Hall–Kier alpha value is -1.14. The highest BCUT2D eigenvalue weighted by Gasteiger charge is 2.34. The lowest BCUT2D eigenvalue weighted by atomic mass is 9.95. The molecule has 0 aliphatic carbocycles. The number of ether oxygens (including phenoxy) is 3. The average molecular weight is 294 g/mol. The molecule has 0 bridgehead atoms. The van der Waals surface area contributed by atoms with Gasteiger partial charge in [0.15, 0.2) is 0 Å². The smallest absolute Gasteiger partial charge is 0.124 e.